The maximum atomic E-state index is 14.0. The normalized spacial score (nSPS) is 15.5. The van der Waals surface area contributed by atoms with Gasteiger partial charge in [-0.15, -0.1) is 0 Å². The third-order valence-corrected chi connectivity index (χ3v) is 6.64. The number of ether oxygens (including phenoxy) is 2. The van der Waals surface area contributed by atoms with Gasteiger partial charge < -0.3 is 14.6 Å². The number of carboxylic acids is 1. The summed E-state index contributed by atoms with van der Waals surface area (Å²) in [5.41, 5.74) is 1.67. The van der Waals surface area contributed by atoms with Gasteiger partial charge in [0.15, 0.2) is 16.7 Å². The van der Waals surface area contributed by atoms with E-state index in [9.17, 15) is 14.0 Å². The number of rotatable bonds is 8. The van der Waals surface area contributed by atoms with Crippen molar-refractivity contribution in [1.82, 2.24) is 4.90 Å². The lowest BCUT2D eigenvalue weighted by atomic mass is 10.1. The zero-order chi connectivity index (χ0) is 26.5. The number of amides is 1. The lowest BCUT2D eigenvalue weighted by molar-refractivity contribution is -0.121. The highest BCUT2D eigenvalue weighted by molar-refractivity contribution is 8.18. The minimum absolute atomic E-state index is 0.0285. The number of aromatic carboxylic acids is 1. The van der Waals surface area contributed by atoms with Crippen LogP contribution in [0.5, 0.6) is 11.5 Å². The molecule has 0 bridgehead atoms. The van der Waals surface area contributed by atoms with Crippen LogP contribution in [0, 0.1) is 5.82 Å². The second kappa shape index (κ2) is 11.5. The molecule has 3 aromatic rings. The topological polar surface area (TPSA) is 88.4 Å². The van der Waals surface area contributed by atoms with Crippen LogP contribution in [0.25, 0.3) is 6.08 Å². The molecule has 7 nitrogen and oxygen atoms in total. The van der Waals surface area contributed by atoms with E-state index in [0.29, 0.717) is 39.2 Å². The maximum absolute atomic E-state index is 14.0. The summed E-state index contributed by atoms with van der Waals surface area (Å²) < 4.78 is 25.5. The summed E-state index contributed by atoms with van der Waals surface area (Å²) in [4.78, 5) is 30.2. The van der Waals surface area contributed by atoms with Crippen molar-refractivity contribution in [2.75, 3.05) is 13.7 Å². The average molecular weight is 541 g/mol. The van der Waals surface area contributed by atoms with E-state index in [1.54, 1.807) is 55.6 Å². The molecule has 0 unspecified atom stereocenters. The first kappa shape index (κ1) is 26.2. The largest absolute Gasteiger partial charge is 0.490 e. The molecule has 37 heavy (non-hydrogen) atoms. The van der Waals surface area contributed by atoms with Gasteiger partial charge >= 0.3 is 5.97 Å². The van der Waals surface area contributed by atoms with Crippen molar-refractivity contribution < 1.29 is 28.6 Å². The number of thioether (sulfide) groups is 1. The van der Waals surface area contributed by atoms with Crippen LogP contribution in [0.1, 0.15) is 28.4 Å². The molecule has 0 atom stereocenters. The number of carboxylic acid groups (broad SMARTS) is 1. The number of aliphatic imine (C=N–C) groups is 1. The van der Waals surface area contributed by atoms with E-state index in [2.05, 4.69) is 4.99 Å². The summed E-state index contributed by atoms with van der Waals surface area (Å²) in [5, 5.41) is 9.75. The molecule has 1 amide bonds. The fourth-order valence-corrected chi connectivity index (χ4v) is 4.69. The first-order valence-corrected chi connectivity index (χ1v) is 12.4. The molecule has 1 heterocycles. The van der Waals surface area contributed by atoms with Crippen molar-refractivity contribution in [3.8, 4) is 11.5 Å². The van der Waals surface area contributed by atoms with Gasteiger partial charge in [-0.1, -0.05) is 29.8 Å². The molecule has 0 spiro atoms. The molecule has 1 saturated heterocycles. The van der Waals surface area contributed by atoms with Gasteiger partial charge in [0.1, 0.15) is 12.4 Å². The Morgan fingerprint density at radius 2 is 1.89 bits per heavy atom. The van der Waals surface area contributed by atoms with Crippen LogP contribution < -0.4 is 9.47 Å². The van der Waals surface area contributed by atoms with E-state index in [1.807, 2.05) is 6.92 Å². The number of halogens is 2. The lowest BCUT2D eigenvalue weighted by Gasteiger charge is -2.15. The van der Waals surface area contributed by atoms with Crippen LogP contribution in [0.2, 0.25) is 5.02 Å². The number of hydrogen-bond acceptors (Lipinski definition) is 6. The number of nitrogens with zero attached hydrogens (tertiary/aromatic N) is 2. The Bertz CT molecular complexity index is 1410. The van der Waals surface area contributed by atoms with Crippen LogP contribution >= 0.6 is 23.4 Å². The van der Waals surface area contributed by atoms with Crippen LogP contribution in [-0.4, -0.2) is 40.7 Å². The average Bonchev–Trinajstić information content (AvgIpc) is 3.12. The molecule has 0 saturated carbocycles. The molecule has 1 fully saturated rings. The summed E-state index contributed by atoms with van der Waals surface area (Å²) in [7, 11) is 1.61. The van der Waals surface area contributed by atoms with Crippen LogP contribution in [0.15, 0.2) is 70.6 Å². The van der Waals surface area contributed by atoms with Crippen molar-refractivity contribution >= 4 is 52.2 Å². The van der Waals surface area contributed by atoms with E-state index >= 15 is 0 Å². The number of carbonyl (C=O) groups excluding carboxylic acids is 1. The van der Waals surface area contributed by atoms with E-state index in [1.165, 1.54) is 34.9 Å². The highest BCUT2D eigenvalue weighted by atomic mass is 35.5. The minimum atomic E-state index is -1.03. The van der Waals surface area contributed by atoms with Gasteiger partial charge in [-0.2, -0.15) is 0 Å². The molecule has 0 aliphatic carbocycles. The second-order valence-corrected chi connectivity index (χ2v) is 9.28. The minimum Gasteiger partial charge on any atom is -0.490 e. The molecule has 190 valence electrons. The van der Waals surface area contributed by atoms with E-state index < -0.39 is 5.97 Å². The summed E-state index contributed by atoms with van der Waals surface area (Å²) in [6.45, 7) is 2.14. The van der Waals surface area contributed by atoms with Crippen LogP contribution in [0.4, 0.5) is 10.1 Å². The van der Waals surface area contributed by atoms with Gasteiger partial charge in [0.2, 0.25) is 0 Å². The summed E-state index contributed by atoms with van der Waals surface area (Å²) >= 11 is 7.68. The van der Waals surface area contributed by atoms with Crippen molar-refractivity contribution in [2.24, 2.45) is 4.99 Å². The Morgan fingerprint density at radius 3 is 2.57 bits per heavy atom. The fraction of sp³-hybridized carbons (Fsp3) is 0.148. The SMILES string of the molecule is CCOc1cc(/C=C2\SC(=Nc3ccc(C(=O)O)cc3)N(C)C2=O)cc(Cl)c1OCc1ccccc1F. The zero-order valence-electron chi connectivity index (χ0n) is 19.9. The second-order valence-electron chi connectivity index (χ2n) is 7.86. The Kier molecular flexibility index (Phi) is 8.15. The van der Waals surface area contributed by atoms with Gasteiger partial charge in [0.25, 0.3) is 5.91 Å². The summed E-state index contributed by atoms with van der Waals surface area (Å²) in [6, 6.07) is 15.7. The summed E-state index contributed by atoms with van der Waals surface area (Å²) in [6.07, 6.45) is 1.68. The summed E-state index contributed by atoms with van der Waals surface area (Å²) in [5.74, 6) is -1.01. The highest BCUT2D eigenvalue weighted by Crippen LogP contribution is 2.40. The standard InChI is InChI=1S/C27H22ClFN2O5S/c1-3-35-22-13-16(12-20(28)24(22)36-15-18-6-4-5-7-21(18)29)14-23-25(32)31(2)27(37-23)30-19-10-8-17(9-11-19)26(33)34/h4-14H,3,15H2,1-2H3,(H,33,34)/b23-14-,30-27?. The monoisotopic (exact) mass is 540 g/mol. The lowest BCUT2D eigenvalue weighted by Crippen LogP contribution is -2.23. The Labute approximate surface area is 222 Å². The van der Waals surface area contributed by atoms with Crippen LogP contribution in [-0.2, 0) is 11.4 Å². The molecule has 0 radical (unpaired) electrons. The molecular weight excluding hydrogens is 519 g/mol. The van der Waals surface area contributed by atoms with E-state index in [-0.39, 0.29) is 34.7 Å². The molecule has 1 aliphatic heterocycles. The third-order valence-electron chi connectivity index (χ3n) is 5.30. The Balaban J connectivity index is 1.58. The quantitative estimate of drug-likeness (QED) is 0.333. The van der Waals surface area contributed by atoms with E-state index in [0.717, 1.165) is 0 Å². The smallest absolute Gasteiger partial charge is 0.335 e. The zero-order valence-corrected chi connectivity index (χ0v) is 21.5. The first-order valence-electron chi connectivity index (χ1n) is 11.2. The third kappa shape index (κ3) is 6.12. The number of carbonyl (C=O) groups is 2. The molecular formula is C27H22ClFN2O5S. The molecule has 1 aliphatic rings. The number of hydrogen-bond donors (Lipinski definition) is 1. The van der Waals surface area contributed by atoms with Crippen molar-refractivity contribution in [3.05, 3.63) is 93.1 Å². The molecule has 10 heteroatoms. The van der Waals surface area contributed by atoms with E-state index in [4.69, 9.17) is 26.2 Å². The fourth-order valence-electron chi connectivity index (χ4n) is 3.43. The van der Waals surface area contributed by atoms with Gasteiger partial charge in [-0.05, 0) is 72.8 Å². The van der Waals surface area contributed by atoms with Crippen molar-refractivity contribution in [1.29, 1.82) is 0 Å². The van der Waals surface area contributed by atoms with Gasteiger partial charge in [-0.3, -0.25) is 9.69 Å². The van der Waals surface area contributed by atoms with Gasteiger partial charge in [0, 0.05) is 12.6 Å². The van der Waals surface area contributed by atoms with Gasteiger partial charge in [-0.25, -0.2) is 14.2 Å². The Morgan fingerprint density at radius 1 is 1.16 bits per heavy atom. The van der Waals surface area contributed by atoms with Crippen LogP contribution in [0.3, 0.4) is 0 Å². The Hall–Kier alpha value is -3.82. The number of benzene rings is 3. The predicted molar refractivity (Wildman–Crippen MR) is 142 cm³/mol. The molecule has 3 aromatic carbocycles. The highest BCUT2D eigenvalue weighted by Gasteiger charge is 2.30. The van der Waals surface area contributed by atoms with Crippen molar-refractivity contribution in [2.45, 2.75) is 13.5 Å². The predicted octanol–water partition coefficient (Wildman–Crippen LogP) is 6.39. The molecule has 4 rings (SSSR count). The molecule has 1 N–H and O–H groups in total. The maximum Gasteiger partial charge on any atom is 0.335 e. The number of amidine groups is 1. The van der Waals surface area contributed by atoms with Crippen molar-refractivity contribution in [3.63, 3.8) is 0 Å². The first-order chi connectivity index (χ1) is 17.8. The van der Waals surface area contributed by atoms with Gasteiger partial charge in [0.05, 0.1) is 27.8 Å². The molecule has 0 aromatic heterocycles. The number of likely N-dealkylation sites (N-methyl/N-ethyl adjacent to an activating group) is 1.